The summed E-state index contributed by atoms with van der Waals surface area (Å²) >= 11 is 0. The van der Waals surface area contributed by atoms with Crippen LogP contribution in [0, 0.1) is 0 Å². The Kier molecular flexibility index (Phi) is 6.59. The van der Waals surface area contributed by atoms with E-state index in [2.05, 4.69) is 44.5 Å². The standard InChI is InChI=1S/C24H33N9O/c1-2-3-9-32(10-11-34)23-22-20(28-24(25)29-23)15-33(31-22)14-17-8-7-16(12-26-18-5-4-6-18)19-13-27-30-21(17)19/h7-8,13,15,18,26,34H,2-6,9-12,14H2,1H3,(H2,25,28)(H,27,30). The Hall–Kier alpha value is -3.24. The molecule has 0 aliphatic heterocycles. The van der Waals surface area contributed by atoms with Crippen LogP contribution in [-0.2, 0) is 13.1 Å². The average Bonchev–Trinajstić information content (AvgIpc) is 3.43. The van der Waals surface area contributed by atoms with Crippen LogP contribution in [-0.4, -0.2) is 60.8 Å². The number of anilines is 2. The van der Waals surface area contributed by atoms with E-state index in [-0.39, 0.29) is 12.6 Å². The molecule has 0 saturated heterocycles. The number of nitrogens with zero attached hydrogens (tertiary/aromatic N) is 6. The van der Waals surface area contributed by atoms with Gasteiger partial charge in [0.1, 0.15) is 5.52 Å². The van der Waals surface area contributed by atoms with Crippen molar-refractivity contribution in [1.29, 1.82) is 0 Å². The van der Waals surface area contributed by atoms with Crippen LogP contribution in [0.3, 0.4) is 0 Å². The zero-order valence-electron chi connectivity index (χ0n) is 19.7. The highest BCUT2D eigenvalue weighted by atomic mass is 16.3. The summed E-state index contributed by atoms with van der Waals surface area (Å²) in [6.45, 7) is 4.85. The number of H-pyrrole nitrogens is 1. The van der Waals surface area contributed by atoms with E-state index in [1.165, 1.54) is 24.8 Å². The number of nitrogens with two attached hydrogens (primary N) is 1. The van der Waals surface area contributed by atoms with Crippen LogP contribution in [0.1, 0.15) is 50.2 Å². The topological polar surface area (TPSA) is 134 Å². The van der Waals surface area contributed by atoms with Crippen molar-refractivity contribution in [3.63, 3.8) is 0 Å². The van der Waals surface area contributed by atoms with Crippen LogP contribution in [0.4, 0.5) is 11.8 Å². The molecule has 0 atom stereocenters. The molecule has 180 valence electrons. The summed E-state index contributed by atoms with van der Waals surface area (Å²) in [5.41, 5.74) is 10.8. The number of benzene rings is 1. The van der Waals surface area contributed by atoms with Crippen LogP contribution >= 0.6 is 0 Å². The molecule has 3 heterocycles. The second kappa shape index (κ2) is 9.94. The number of unbranched alkanes of at least 4 members (excludes halogenated alkanes) is 1. The zero-order valence-corrected chi connectivity index (χ0v) is 19.7. The Balaban J connectivity index is 1.43. The molecule has 34 heavy (non-hydrogen) atoms. The molecule has 5 rings (SSSR count). The molecule has 0 amide bonds. The van der Waals surface area contributed by atoms with Crippen LogP contribution in [0.5, 0.6) is 0 Å². The lowest BCUT2D eigenvalue weighted by molar-refractivity contribution is 0.301. The number of aromatic nitrogens is 6. The monoisotopic (exact) mass is 463 g/mol. The van der Waals surface area contributed by atoms with E-state index in [9.17, 15) is 5.11 Å². The smallest absolute Gasteiger partial charge is 0.222 e. The van der Waals surface area contributed by atoms with Crippen LogP contribution in [0.2, 0.25) is 0 Å². The number of fused-ring (bicyclic) bond motifs is 2. The molecular formula is C24H33N9O. The van der Waals surface area contributed by atoms with Gasteiger partial charge in [0.2, 0.25) is 5.95 Å². The molecule has 1 fully saturated rings. The highest BCUT2D eigenvalue weighted by Crippen LogP contribution is 2.26. The van der Waals surface area contributed by atoms with Crippen LogP contribution in [0.25, 0.3) is 21.9 Å². The molecule has 0 unspecified atom stereocenters. The molecule has 0 spiro atoms. The SMILES string of the molecule is CCCCN(CCO)c1nc(N)nc2cn(Cc3ccc(CNC4CCC4)c4cn[nH]c34)nc12. The minimum absolute atomic E-state index is 0.0373. The van der Waals surface area contributed by atoms with Crippen molar-refractivity contribution >= 4 is 33.7 Å². The minimum atomic E-state index is 0.0373. The van der Waals surface area contributed by atoms with Gasteiger partial charge in [-0.25, -0.2) is 4.98 Å². The van der Waals surface area contributed by atoms with Crippen LogP contribution in [0.15, 0.2) is 24.5 Å². The van der Waals surface area contributed by atoms with E-state index in [4.69, 9.17) is 10.8 Å². The van der Waals surface area contributed by atoms with Crippen molar-refractivity contribution in [3.05, 3.63) is 35.7 Å². The normalized spacial score (nSPS) is 14.2. The van der Waals surface area contributed by atoms with E-state index >= 15 is 0 Å². The first kappa shape index (κ1) is 22.5. The fourth-order valence-electron chi connectivity index (χ4n) is 4.53. The maximum atomic E-state index is 9.57. The summed E-state index contributed by atoms with van der Waals surface area (Å²) in [5, 5.41) is 26.7. The molecule has 3 aromatic heterocycles. The summed E-state index contributed by atoms with van der Waals surface area (Å²) in [6, 6.07) is 4.97. The number of hydrogen-bond donors (Lipinski definition) is 4. The lowest BCUT2D eigenvalue weighted by Gasteiger charge is -2.26. The number of aliphatic hydroxyl groups is 1. The fraction of sp³-hybridized carbons (Fsp3) is 0.500. The van der Waals surface area contributed by atoms with Gasteiger partial charge in [0.15, 0.2) is 11.3 Å². The van der Waals surface area contributed by atoms with Gasteiger partial charge in [0.25, 0.3) is 0 Å². The second-order valence-electron chi connectivity index (χ2n) is 9.08. The van der Waals surface area contributed by atoms with Gasteiger partial charge in [-0.15, -0.1) is 0 Å². The van der Waals surface area contributed by atoms with Gasteiger partial charge in [-0.05, 0) is 30.4 Å². The molecule has 1 saturated carbocycles. The van der Waals surface area contributed by atoms with Crippen molar-refractivity contribution in [1.82, 2.24) is 35.3 Å². The average molecular weight is 464 g/mol. The van der Waals surface area contributed by atoms with E-state index in [0.29, 0.717) is 36.0 Å². The fourth-order valence-corrected chi connectivity index (χ4v) is 4.53. The summed E-state index contributed by atoms with van der Waals surface area (Å²) in [5.74, 6) is 0.883. The van der Waals surface area contributed by atoms with Crippen molar-refractivity contribution in [2.75, 3.05) is 30.3 Å². The number of hydrogen-bond acceptors (Lipinski definition) is 8. The van der Waals surface area contributed by atoms with E-state index in [1.807, 2.05) is 22.0 Å². The number of nitrogens with one attached hydrogen (secondary N) is 2. The molecular weight excluding hydrogens is 430 g/mol. The van der Waals surface area contributed by atoms with Gasteiger partial charge < -0.3 is 21.1 Å². The number of nitrogen functional groups attached to an aromatic ring is 1. The van der Waals surface area contributed by atoms with Gasteiger partial charge in [0.05, 0.1) is 31.1 Å². The third-order valence-electron chi connectivity index (χ3n) is 6.67. The van der Waals surface area contributed by atoms with Gasteiger partial charge in [-0.1, -0.05) is 31.9 Å². The van der Waals surface area contributed by atoms with Crippen LogP contribution < -0.4 is 16.0 Å². The summed E-state index contributed by atoms with van der Waals surface area (Å²) < 4.78 is 1.88. The van der Waals surface area contributed by atoms with Gasteiger partial charge in [-0.3, -0.25) is 9.78 Å². The molecule has 1 aromatic carbocycles. The molecule has 10 nitrogen and oxygen atoms in total. The van der Waals surface area contributed by atoms with Crippen molar-refractivity contribution in [2.45, 2.75) is 58.2 Å². The van der Waals surface area contributed by atoms with Crippen molar-refractivity contribution in [3.8, 4) is 0 Å². The number of aromatic amines is 1. The predicted octanol–water partition coefficient (Wildman–Crippen LogP) is 2.57. The third-order valence-corrected chi connectivity index (χ3v) is 6.67. The maximum Gasteiger partial charge on any atom is 0.222 e. The van der Waals surface area contributed by atoms with E-state index in [0.717, 1.165) is 42.4 Å². The summed E-state index contributed by atoms with van der Waals surface area (Å²) in [6.07, 6.45) is 9.71. The Bertz CT molecular complexity index is 1260. The van der Waals surface area contributed by atoms with E-state index < -0.39 is 0 Å². The number of rotatable bonds is 11. The zero-order chi connectivity index (χ0) is 23.5. The van der Waals surface area contributed by atoms with Gasteiger partial charge in [0, 0.05) is 31.1 Å². The van der Waals surface area contributed by atoms with E-state index in [1.54, 1.807) is 0 Å². The maximum absolute atomic E-state index is 9.57. The molecule has 5 N–H and O–H groups in total. The Labute approximate surface area is 198 Å². The second-order valence-corrected chi connectivity index (χ2v) is 9.08. The quantitative estimate of drug-likeness (QED) is 0.267. The largest absolute Gasteiger partial charge is 0.395 e. The lowest BCUT2D eigenvalue weighted by atomic mass is 9.93. The Morgan fingerprint density at radius 1 is 1.24 bits per heavy atom. The summed E-state index contributed by atoms with van der Waals surface area (Å²) in [7, 11) is 0. The van der Waals surface area contributed by atoms with Crippen molar-refractivity contribution in [2.24, 2.45) is 0 Å². The first-order chi connectivity index (χ1) is 16.7. The minimum Gasteiger partial charge on any atom is -0.395 e. The molecule has 1 aliphatic carbocycles. The van der Waals surface area contributed by atoms with Crippen molar-refractivity contribution < 1.29 is 5.11 Å². The molecule has 4 aromatic rings. The predicted molar refractivity (Wildman–Crippen MR) is 134 cm³/mol. The third kappa shape index (κ3) is 4.55. The molecule has 10 heteroatoms. The highest BCUT2D eigenvalue weighted by molar-refractivity contribution is 5.87. The van der Waals surface area contributed by atoms with Gasteiger partial charge >= 0.3 is 0 Å². The first-order valence-electron chi connectivity index (χ1n) is 12.2. The summed E-state index contributed by atoms with van der Waals surface area (Å²) in [4.78, 5) is 10.9. The molecule has 0 bridgehead atoms. The first-order valence-corrected chi connectivity index (χ1v) is 12.2. The Morgan fingerprint density at radius 3 is 2.85 bits per heavy atom. The molecule has 1 aliphatic rings. The van der Waals surface area contributed by atoms with Gasteiger partial charge in [-0.2, -0.15) is 15.2 Å². The molecule has 0 radical (unpaired) electrons. The Morgan fingerprint density at radius 2 is 2.09 bits per heavy atom. The highest BCUT2D eigenvalue weighted by Gasteiger charge is 2.19. The number of aliphatic hydroxyl groups excluding tert-OH is 1. The lowest BCUT2D eigenvalue weighted by Crippen LogP contribution is -2.34.